The van der Waals surface area contributed by atoms with E-state index in [1.165, 1.54) is 6.07 Å². The predicted molar refractivity (Wildman–Crippen MR) is 74.5 cm³/mol. The zero-order valence-corrected chi connectivity index (χ0v) is 11.0. The fraction of sp³-hybridized carbons (Fsp3) is 0.154. The number of pyridine rings is 1. The van der Waals surface area contributed by atoms with Crippen LogP contribution in [0.15, 0.2) is 42.7 Å². The van der Waals surface area contributed by atoms with Gasteiger partial charge in [-0.1, -0.05) is 23.7 Å². The fourth-order valence-electron chi connectivity index (χ4n) is 1.84. The van der Waals surface area contributed by atoms with E-state index in [4.69, 9.17) is 11.6 Å². The Kier molecular flexibility index (Phi) is 3.97. The van der Waals surface area contributed by atoms with E-state index in [2.05, 4.69) is 4.98 Å². The highest BCUT2D eigenvalue weighted by molar-refractivity contribution is 6.33. The van der Waals surface area contributed by atoms with Gasteiger partial charge in [0.05, 0.1) is 4.92 Å². The van der Waals surface area contributed by atoms with Gasteiger partial charge in [0, 0.05) is 26.0 Å². The second-order valence-electron chi connectivity index (χ2n) is 4.08. The van der Waals surface area contributed by atoms with E-state index in [1.807, 2.05) is 12.1 Å². The molecule has 0 spiro atoms. The molecule has 0 N–H and O–H groups in total. The van der Waals surface area contributed by atoms with Crippen molar-refractivity contribution in [2.45, 2.75) is 6.54 Å². The molecule has 0 unspecified atom stereocenters. The quantitative estimate of drug-likeness (QED) is 0.636. The summed E-state index contributed by atoms with van der Waals surface area (Å²) < 4.78 is 0. The zero-order chi connectivity index (χ0) is 13.8. The molecule has 0 fully saturated rings. The van der Waals surface area contributed by atoms with E-state index in [9.17, 15) is 10.1 Å². The van der Waals surface area contributed by atoms with Crippen LogP contribution in [0.1, 0.15) is 5.56 Å². The third-order valence-electron chi connectivity index (χ3n) is 2.70. The van der Waals surface area contributed by atoms with E-state index >= 15 is 0 Å². The van der Waals surface area contributed by atoms with E-state index < -0.39 is 4.92 Å². The Hall–Kier alpha value is -2.14. The predicted octanol–water partition coefficient (Wildman–Crippen LogP) is 3.28. The lowest BCUT2D eigenvalue weighted by molar-refractivity contribution is -0.384. The number of benzene rings is 1. The highest BCUT2D eigenvalue weighted by Gasteiger charge is 2.21. The van der Waals surface area contributed by atoms with Crippen LogP contribution in [0, 0.1) is 10.1 Å². The van der Waals surface area contributed by atoms with Gasteiger partial charge < -0.3 is 4.90 Å². The van der Waals surface area contributed by atoms with E-state index in [0.717, 1.165) is 5.56 Å². The van der Waals surface area contributed by atoms with Crippen LogP contribution >= 0.6 is 11.6 Å². The molecule has 1 heterocycles. The summed E-state index contributed by atoms with van der Waals surface area (Å²) in [5, 5.41) is 11.2. The van der Waals surface area contributed by atoms with Gasteiger partial charge in [0.1, 0.15) is 10.7 Å². The van der Waals surface area contributed by atoms with Gasteiger partial charge in [-0.2, -0.15) is 0 Å². The van der Waals surface area contributed by atoms with E-state index in [1.54, 1.807) is 36.5 Å². The molecule has 2 rings (SSSR count). The minimum atomic E-state index is -0.461. The van der Waals surface area contributed by atoms with Crippen LogP contribution in [0.3, 0.4) is 0 Å². The lowest BCUT2D eigenvalue weighted by Gasteiger charge is -2.19. The monoisotopic (exact) mass is 277 g/mol. The second kappa shape index (κ2) is 5.67. The molecule has 0 saturated heterocycles. The first kappa shape index (κ1) is 13.3. The standard InChI is InChI=1S/C13H12ClN3O2/c1-16(9-10-4-3-7-15-8-10)12-6-2-5-11(14)13(12)17(18)19/h2-8H,9H2,1H3. The molecule has 2 aromatic rings. The molecule has 0 saturated carbocycles. The Morgan fingerprint density at radius 3 is 2.79 bits per heavy atom. The molecule has 0 radical (unpaired) electrons. The van der Waals surface area contributed by atoms with E-state index in [0.29, 0.717) is 12.2 Å². The third-order valence-corrected chi connectivity index (χ3v) is 3.01. The maximum atomic E-state index is 11.1. The number of para-hydroxylation sites is 1. The van der Waals surface area contributed by atoms with Crippen LogP contribution in [0.2, 0.25) is 5.02 Å². The molecular formula is C13H12ClN3O2. The highest BCUT2D eigenvalue weighted by atomic mass is 35.5. The van der Waals surface area contributed by atoms with Gasteiger partial charge in [0.15, 0.2) is 0 Å². The molecule has 98 valence electrons. The number of nitro benzene ring substituents is 1. The highest BCUT2D eigenvalue weighted by Crippen LogP contribution is 2.34. The van der Waals surface area contributed by atoms with Gasteiger partial charge in [-0.05, 0) is 23.8 Å². The molecule has 19 heavy (non-hydrogen) atoms. The van der Waals surface area contributed by atoms with Crippen molar-refractivity contribution in [2.24, 2.45) is 0 Å². The lowest BCUT2D eigenvalue weighted by atomic mass is 10.2. The van der Waals surface area contributed by atoms with Crippen molar-refractivity contribution in [3.63, 3.8) is 0 Å². The summed E-state index contributed by atoms with van der Waals surface area (Å²) in [5.41, 5.74) is 1.39. The van der Waals surface area contributed by atoms with Gasteiger partial charge in [-0.15, -0.1) is 0 Å². The topological polar surface area (TPSA) is 59.3 Å². The van der Waals surface area contributed by atoms with E-state index in [-0.39, 0.29) is 10.7 Å². The third kappa shape index (κ3) is 3.00. The normalized spacial score (nSPS) is 10.2. The number of aromatic nitrogens is 1. The number of rotatable bonds is 4. The molecule has 0 aliphatic heterocycles. The van der Waals surface area contributed by atoms with Gasteiger partial charge >= 0.3 is 5.69 Å². The average Bonchev–Trinajstić information content (AvgIpc) is 2.39. The summed E-state index contributed by atoms with van der Waals surface area (Å²) in [5.74, 6) is 0. The van der Waals surface area contributed by atoms with Crippen LogP contribution in [0.4, 0.5) is 11.4 Å². The number of hydrogen-bond acceptors (Lipinski definition) is 4. The Morgan fingerprint density at radius 2 is 2.16 bits per heavy atom. The van der Waals surface area contributed by atoms with Crippen molar-refractivity contribution in [1.29, 1.82) is 0 Å². The Bertz CT molecular complexity index is 590. The van der Waals surface area contributed by atoms with Gasteiger partial charge in [-0.3, -0.25) is 15.1 Å². The lowest BCUT2D eigenvalue weighted by Crippen LogP contribution is -2.17. The van der Waals surface area contributed by atoms with Crippen molar-refractivity contribution in [2.75, 3.05) is 11.9 Å². The summed E-state index contributed by atoms with van der Waals surface area (Å²) in [6.45, 7) is 0.523. The molecule has 0 bridgehead atoms. The molecule has 1 aromatic heterocycles. The maximum absolute atomic E-state index is 11.1. The number of halogens is 1. The van der Waals surface area contributed by atoms with Gasteiger partial charge in [0.2, 0.25) is 0 Å². The molecular weight excluding hydrogens is 266 g/mol. The fourth-order valence-corrected chi connectivity index (χ4v) is 2.08. The maximum Gasteiger partial charge on any atom is 0.310 e. The van der Waals surface area contributed by atoms with Crippen LogP contribution in [-0.2, 0) is 6.54 Å². The number of nitrogens with zero attached hydrogens (tertiary/aromatic N) is 3. The molecule has 5 nitrogen and oxygen atoms in total. The summed E-state index contributed by atoms with van der Waals surface area (Å²) in [4.78, 5) is 16.4. The first-order valence-corrected chi connectivity index (χ1v) is 6.00. The first-order valence-electron chi connectivity index (χ1n) is 5.62. The van der Waals surface area contributed by atoms with Crippen molar-refractivity contribution >= 4 is 23.0 Å². The van der Waals surface area contributed by atoms with Crippen molar-refractivity contribution in [3.8, 4) is 0 Å². The minimum absolute atomic E-state index is 0.0736. The zero-order valence-electron chi connectivity index (χ0n) is 10.3. The summed E-state index contributed by atoms with van der Waals surface area (Å²) in [6, 6.07) is 8.64. The Balaban J connectivity index is 2.31. The van der Waals surface area contributed by atoms with Crippen molar-refractivity contribution < 1.29 is 4.92 Å². The number of hydrogen-bond donors (Lipinski definition) is 0. The van der Waals surface area contributed by atoms with Crippen LogP contribution in [0.25, 0.3) is 0 Å². The van der Waals surface area contributed by atoms with Gasteiger partial charge in [-0.25, -0.2) is 0 Å². The second-order valence-corrected chi connectivity index (χ2v) is 4.49. The number of anilines is 1. The molecule has 6 heteroatoms. The minimum Gasteiger partial charge on any atom is -0.365 e. The van der Waals surface area contributed by atoms with Crippen LogP contribution < -0.4 is 4.90 Å². The first-order chi connectivity index (χ1) is 9.09. The van der Waals surface area contributed by atoms with Crippen LogP contribution in [0.5, 0.6) is 0 Å². The summed E-state index contributed by atoms with van der Waals surface area (Å²) in [6.07, 6.45) is 3.41. The average molecular weight is 278 g/mol. The molecule has 1 aromatic carbocycles. The van der Waals surface area contributed by atoms with Gasteiger partial charge in [0.25, 0.3) is 0 Å². The Morgan fingerprint density at radius 1 is 1.37 bits per heavy atom. The summed E-state index contributed by atoms with van der Waals surface area (Å²) >= 11 is 5.89. The molecule has 0 atom stereocenters. The van der Waals surface area contributed by atoms with Crippen molar-refractivity contribution in [3.05, 3.63) is 63.4 Å². The Labute approximate surface area is 115 Å². The molecule has 0 aliphatic carbocycles. The molecule has 0 amide bonds. The summed E-state index contributed by atoms with van der Waals surface area (Å²) in [7, 11) is 1.78. The van der Waals surface area contributed by atoms with Crippen molar-refractivity contribution in [1.82, 2.24) is 4.98 Å². The largest absolute Gasteiger partial charge is 0.365 e. The van der Waals surface area contributed by atoms with Crippen LogP contribution in [-0.4, -0.2) is 17.0 Å². The number of nitro groups is 1. The molecule has 0 aliphatic rings. The smallest absolute Gasteiger partial charge is 0.310 e. The SMILES string of the molecule is CN(Cc1cccnc1)c1cccc(Cl)c1[N+](=O)[O-].